The minimum Gasteiger partial charge on any atom is -0.477 e. The molecular formula is C44H48N4O2S3. The van der Waals surface area contributed by atoms with E-state index in [2.05, 4.69) is 68.1 Å². The Hall–Kier alpha value is -4.10. The third-order valence-electron chi connectivity index (χ3n) is 10.7. The van der Waals surface area contributed by atoms with E-state index < -0.39 is 5.97 Å². The fourth-order valence-electron chi connectivity index (χ4n) is 7.96. The second-order valence-corrected chi connectivity index (χ2v) is 17.6. The molecule has 7 rings (SSSR count). The number of nitriles is 1. The molecule has 3 aromatic heterocycles. The average molecular weight is 761 g/mol. The largest absolute Gasteiger partial charge is 0.477 e. The fraction of sp³-hybridized carbons (Fsp3) is 0.409. The van der Waals surface area contributed by atoms with Gasteiger partial charge in [-0.05, 0) is 99.0 Å². The van der Waals surface area contributed by atoms with Gasteiger partial charge in [-0.25, -0.2) is 14.8 Å². The first-order valence-electron chi connectivity index (χ1n) is 19.3. The van der Waals surface area contributed by atoms with Crippen molar-refractivity contribution in [2.24, 2.45) is 0 Å². The number of hydrogen-bond acceptors (Lipinski definition) is 8. The molecule has 0 spiro atoms. The molecule has 2 aliphatic rings. The number of carboxylic acids is 1. The monoisotopic (exact) mass is 760 g/mol. The van der Waals surface area contributed by atoms with Crippen LogP contribution in [0.4, 0.5) is 11.4 Å². The highest BCUT2D eigenvalue weighted by Crippen LogP contribution is 2.54. The van der Waals surface area contributed by atoms with Gasteiger partial charge in [-0.3, -0.25) is 0 Å². The normalized spacial score (nSPS) is 16.6. The van der Waals surface area contributed by atoms with Crippen molar-refractivity contribution in [1.29, 1.82) is 5.26 Å². The summed E-state index contributed by atoms with van der Waals surface area (Å²) in [5, 5.41) is 20.7. The Labute approximate surface area is 325 Å². The topological polar surface area (TPSA) is 90.1 Å². The van der Waals surface area contributed by atoms with Crippen molar-refractivity contribution in [2.45, 2.75) is 116 Å². The summed E-state index contributed by atoms with van der Waals surface area (Å²) in [6.07, 6.45) is 16.4. The van der Waals surface area contributed by atoms with Crippen LogP contribution in [-0.2, 0) is 17.6 Å². The Bertz CT molecular complexity index is 2130. The van der Waals surface area contributed by atoms with E-state index >= 15 is 0 Å². The summed E-state index contributed by atoms with van der Waals surface area (Å²) in [6, 6.07) is 22.5. The van der Waals surface area contributed by atoms with Crippen LogP contribution in [0.3, 0.4) is 0 Å². The minimum absolute atomic E-state index is 0.261. The minimum atomic E-state index is -1.21. The summed E-state index contributed by atoms with van der Waals surface area (Å²) in [6.45, 7) is 6.64. The van der Waals surface area contributed by atoms with Gasteiger partial charge in [0.25, 0.3) is 0 Å². The quantitative estimate of drug-likeness (QED) is 0.0612. The first-order valence-corrected chi connectivity index (χ1v) is 21.8. The Morgan fingerprint density at radius 2 is 1.55 bits per heavy atom. The van der Waals surface area contributed by atoms with Gasteiger partial charge in [0.05, 0.1) is 21.1 Å². The number of carbonyl (C=O) groups is 1. The zero-order chi connectivity index (χ0) is 36.9. The number of carboxylic acid groups (broad SMARTS) is 1. The van der Waals surface area contributed by atoms with Crippen LogP contribution in [0.15, 0.2) is 60.2 Å². The molecule has 274 valence electrons. The molecule has 0 amide bonds. The average Bonchev–Trinajstić information content (AvgIpc) is 4.00. The maximum atomic E-state index is 11.5. The van der Waals surface area contributed by atoms with E-state index in [-0.39, 0.29) is 5.57 Å². The van der Waals surface area contributed by atoms with Gasteiger partial charge in [-0.2, -0.15) is 5.26 Å². The molecule has 1 aliphatic carbocycles. The number of aliphatic carboxylic acids is 1. The number of aromatic nitrogens is 2. The van der Waals surface area contributed by atoms with E-state index in [1.807, 2.05) is 12.1 Å². The zero-order valence-electron chi connectivity index (χ0n) is 31.0. The summed E-state index contributed by atoms with van der Waals surface area (Å²) in [7, 11) is 0. The van der Waals surface area contributed by atoms with Crippen molar-refractivity contribution in [3.8, 4) is 36.3 Å². The lowest BCUT2D eigenvalue weighted by atomic mass is 9.95. The predicted molar refractivity (Wildman–Crippen MR) is 223 cm³/mol. The molecule has 1 saturated carbocycles. The van der Waals surface area contributed by atoms with E-state index in [1.54, 1.807) is 28.7 Å². The summed E-state index contributed by atoms with van der Waals surface area (Å²) in [5.74, 6) is -0.659. The smallest absolute Gasteiger partial charge is 0.346 e. The molecule has 0 saturated heterocycles. The van der Waals surface area contributed by atoms with Crippen molar-refractivity contribution in [1.82, 2.24) is 9.97 Å². The van der Waals surface area contributed by atoms with E-state index in [0.29, 0.717) is 12.0 Å². The number of fused-ring (bicyclic) bond motifs is 3. The molecule has 2 aromatic carbocycles. The highest BCUT2D eigenvalue weighted by molar-refractivity contribution is 7.27. The maximum absolute atomic E-state index is 11.5. The summed E-state index contributed by atoms with van der Waals surface area (Å²) in [4.78, 5) is 29.0. The molecule has 2 atom stereocenters. The van der Waals surface area contributed by atoms with Gasteiger partial charge in [0.1, 0.15) is 11.6 Å². The van der Waals surface area contributed by atoms with Gasteiger partial charge >= 0.3 is 5.97 Å². The van der Waals surface area contributed by atoms with Crippen molar-refractivity contribution in [2.75, 3.05) is 4.90 Å². The lowest BCUT2D eigenvalue weighted by Crippen LogP contribution is -2.26. The molecule has 53 heavy (non-hydrogen) atoms. The van der Waals surface area contributed by atoms with Crippen molar-refractivity contribution >= 4 is 57.4 Å². The predicted octanol–water partition coefficient (Wildman–Crippen LogP) is 13.0. The van der Waals surface area contributed by atoms with Crippen LogP contribution < -0.4 is 4.90 Å². The maximum Gasteiger partial charge on any atom is 0.346 e. The molecule has 2 unspecified atom stereocenters. The third kappa shape index (κ3) is 8.06. The van der Waals surface area contributed by atoms with Crippen LogP contribution in [0.2, 0.25) is 0 Å². The zero-order valence-corrected chi connectivity index (χ0v) is 33.4. The Morgan fingerprint density at radius 1 is 0.868 bits per heavy atom. The Kier molecular flexibility index (Phi) is 11.9. The lowest BCUT2D eigenvalue weighted by Gasteiger charge is -2.27. The van der Waals surface area contributed by atoms with Crippen molar-refractivity contribution < 1.29 is 9.90 Å². The van der Waals surface area contributed by atoms with Gasteiger partial charge < -0.3 is 10.0 Å². The molecule has 0 radical (unpaired) electrons. The number of thiazole rings is 2. The first-order chi connectivity index (χ1) is 25.9. The van der Waals surface area contributed by atoms with Gasteiger partial charge in [-0.1, -0.05) is 82.6 Å². The molecule has 5 aromatic rings. The number of anilines is 2. The molecule has 1 aliphatic heterocycles. The number of nitrogens with zero attached hydrogens (tertiary/aromatic N) is 4. The highest BCUT2D eigenvalue weighted by atomic mass is 32.1. The summed E-state index contributed by atoms with van der Waals surface area (Å²) < 4.78 is 0. The van der Waals surface area contributed by atoms with Crippen LogP contribution in [0.1, 0.15) is 118 Å². The molecular weight excluding hydrogens is 713 g/mol. The number of benzene rings is 2. The van der Waals surface area contributed by atoms with E-state index in [9.17, 15) is 15.2 Å². The number of aryl methyl sites for hydroxylation is 3. The van der Waals surface area contributed by atoms with Gasteiger partial charge in [0.2, 0.25) is 0 Å². The molecule has 9 heteroatoms. The molecule has 6 nitrogen and oxygen atoms in total. The standard InChI is InChI=1S/C44H48N4O2S3/c1-4-6-8-10-14-35-40(29-19-23-38-34(26-29)33-13-12-16-37(33)48(38)31-20-17-28(3)18-21-31)52-42(46-35)43-47-36(15-11-9-7-5-2)41(53-43)39-24-22-32(51-39)25-30(27-45)44(49)50/h17-26,33,37H,4-16H2,1-3H3,(H,49,50)/b30-25+. The van der Waals surface area contributed by atoms with Crippen LogP contribution in [0.25, 0.3) is 36.3 Å². The number of rotatable bonds is 16. The van der Waals surface area contributed by atoms with Crippen LogP contribution >= 0.6 is 34.0 Å². The van der Waals surface area contributed by atoms with E-state index in [4.69, 9.17) is 9.97 Å². The van der Waals surface area contributed by atoms with Crippen molar-refractivity contribution in [3.05, 3.63) is 87.6 Å². The second kappa shape index (κ2) is 16.9. The summed E-state index contributed by atoms with van der Waals surface area (Å²) in [5.41, 5.74) is 8.69. The SMILES string of the molecule is CCCCCCc1nc(-c2nc(CCCCCC)c(-c3ccc(/C=C(\C#N)C(=O)O)s3)s2)sc1-c1ccc2c(c1)C1CCCC1N2c1ccc(C)cc1. The van der Waals surface area contributed by atoms with E-state index in [1.165, 1.54) is 107 Å². The van der Waals surface area contributed by atoms with Crippen LogP contribution in [0.5, 0.6) is 0 Å². The van der Waals surface area contributed by atoms with Gasteiger partial charge in [-0.15, -0.1) is 34.0 Å². The Morgan fingerprint density at radius 3 is 2.21 bits per heavy atom. The summed E-state index contributed by atoms with van der Waals surface area (Å²) >= 11 is 4.99. The van der Waals surface area contributed by atoms with Gasteiger partial charge in [0.15, 0.2) is 10.0 Å². The van der Waals surface area contributed by atoms with Crippen LogP contribution in [-0.4, -0.2) is 27.1 Å². The number of hydrogen-bond donors (Lipinski definition) is 1. The molecule has 1 fully saturated rings. The fourth-order valence-corrected chi connectivity index (χ4v) is 11.3. The molecule has 4 heterocycles. The highest BCUT2D eigenvalue weighted by Gasteiger charge is 2.42. The lowest BCUT2D eigenvalue weighted by molar-refractivity contribution is -0.132. The first kappa shape index (κ1) is 37.2. The molecule has 0 bridgehead atoms. The van der Waals surface area contributed by atoms with E-state index in [0.717, 1.165) is 62.4 Å². The molecule has 1 N–H and O–H groups in total. The van der Waals surface area contributed by atoms with Crippen molar-refractivity contribution in [3.63, 3.8) is 0 Å². The van der Waals surface area contributed by atoms with Crippen LogP contribution in [0, 0.1) is 18.3 Å². The Balaban J connectivity index is 1.26. The third-order valence-corrected chi connectivity index (χ3v) is 14.3. The second-order valence-electron chi connectivity index (χ2n) is 14.5. The number of unbranched alkanes of at least 4 members (excludes halogenated alkanes) is 6. The number of thiophene rings is 1. The van der Waals surface area contributed by atoms with Gasteiger partial charge in [0, 0.05) is 33.1 Å².